The second-order valence-corrected chi connectivity index (χ2v) is 6.29. The molecule has 1 amide bonds. The van der Waals surface area contributed by atoms with Crippen LogP contribution in [0.1, 0.15) is 28.8 Å². The maximum atomic E-state index is 12.5. The average molecular weight is 313 g/mol. The summed E-state index contributed by atoms with van der Waals surface area (Å²) < 4.78 is 7.57. The third-order valence-electron chi connectivity index (χ3n) is 4.23. The van der Waals surface area contributed by atoms with E-state index in [4.69, 9.17) is 4.74 Å². The number of hydrogen-bond donors (Lipinski definition) is 0. The van der Waals surface area contributed by atoms with Crippen LogP contribution in [0.2, 0.25) is 0 Å². The van der Waals surface area contributed by atoms with Crippen LogP contribution in [0.25, 0.3) is 0 Å². The van der Waals surface area contributed by atoms with Gasteiger partial charge in [-0.2, -0.15) is 5.10 Å². The number of piperidine rings is 1. The fraction of sp³-hybridized carbons (Fsp3) is 0.444. The van der Waals surface area contributed by atoms with Gasteiger partial charge in [0.25, 0.3) is 5.91 Å². The summed E-state index contributed by atoms with van der Waals surface area (Å²) in [5.41, 5.74) is 1.85. The Balaban J connectivity index is 1.56. The Morgan fingerprint density at radius 1 is 1.43 bits per heavy atom. The van der Waals surface area contributed by atoms with Crippen molar-refractivity contribution in [3.8, 4) is 5.75 Å². The number of rotatable bonds is 4. The molecule has 0 radical (unpaired) electrons. The van der Waals surface area contributed by atoms with Crippen molar-refractivity contribution < 1.29 is 9.53 Å². The largest absolute Gasteiger partial charge is 0.493 e. The number of nitrogens with zero attached hydrogens (tertiary/aromatic N) is 3. The number of carbonyl (C=O) groups excluding carboxylic acids is 1. The van der Waals surface area contributed by atoms with E-state index in [0.717, 1.165) is 31.7 Å². The molecule has 1 saturated heterocycles. The lowest BCUT2D eigenvalue weighted by atomic mass is 9.98. The van der Waals surface area contributed by atoms with Crippen molar-refractivity contribution in [2.24, 2.45) is 13.0 Å². The zero-order valence-electron chi connectivity index (χ0n) is 13.7. The normalized spacial score (nSPS) is 18.0. The van der Waals surface area contributed by atoms with Crippen molar-refractivity contribution in [1.82, 2.24) is 14.7 Å². The molecule has 23 heavy (non-hydrogen) atoms. The van der Waals surface area contributed by atoms with Crippen LogP contribution < -0.4 is 4.74 Å². The minimum Gasteiger partial charge on any atom is -0.493 e. The number of aromatic nitrogens is 2. The summed E-state index contributed by atoms with van der Waals surface area (Å²) >= 11 is 0. The highest BCUT2D eigenvalue weighted by Gasteiger charge is 2.25. The molecule has 1 aromatic carbocycles. The highest BCUT2D eigenvalue weighted by molar-refractivity contribution is 5.93. The molecule has 3 rings (SSSR count). The van der Waals surface area contributed by atoms with Gasteiger partial charge in [-0.25, -0.2) is 0 Å². The lowest BCUT2D eigenvalue weighted by molar-refractivity contribution is 0.0633. The summed E-state index contributed by atoms with van der Waals surface area (Å²) in [5, 5.41) is 4.08. The van der Waals surface area contributed by atoms with E-state index in [9.17, 15) is 4.79 Å². The van der Waals surface area contributed by atoms with Gasteiger partial charge in [-0.3, -0.25) is 9.48 Å². The molecule has 0 aliphatic carbocycles. The topological polar surface area (TPSA) is 47.4 Å². The van der Waals surface area contributed by atoms with E-state index in [1.165, 1.54) is 5.56 Å². The molecule has 0 saturated carbocycles. The minimum absolute atomic E-state index is 0.0679. The molecule has 2 heterocycles. The molecular weight excluding hydrogens is 290 g/mol. The van der Waals surface area contributed by atoms with Crippen molar-refractivity contribution in [1.29, 1.82) is 0 Å². The van der Waals surface area contributed by atoms with Crippen molar-refractivity contribution in [2.45, 2.75) is 19.8 Å². The number of aryl methyl sites for hydroxylation is 2. The first-order valence-electron chi connectivity index (χ1n) is 8.09. The van der Waals surface area contributed by atoms with Crippen LogP contribution in [0.4, 0.5) is 0 Å². The van der Waals surface area contributed by atoms with Gasteiger partial charge in [0, 0.05) is 32.3 Å². The molecule has 1 aromatic heterocycles. The highest BCUT2D eigenvalue weighted by Crippen LogP contribution is 2.21. The van der Waals surface area contributed by atoms with Crippen LogP contribution in [0.15, 0.2) is 36.7 Å². The van der Waals surface area contributed by atoms with Gasteiger partial charge in [-0.05, 0) is 37.5 Å². The third kappa shape index (κ3) is 3.92. The van der Waals surface area contributed by atoms with Crippen LogP contribution in [0, 0.1) is 12.8 Å². The third-order valence-corrected chi connectivity index (χ3v) is 4.23. The standard InChI is InChI=1S/C18H23N3O2/c1-14-5-3-7-17(9-14)23-13-15-6-4-8-21(11-15)18(22)16-10-19-20(2)12-16/h3,5,7,9-10,12,15H,4,6,8,11,13H2,1-2H3. The first kappa shape index (κ1) is 15.6. The van der Waals surface area contributed by atoms with Crippen LogP contribution in [-0.2, 0) is 7.05 Å². The van der Waals surface area contributed by atoms with Crippen molar-refractivity contribution >= 4 is 5.91 Å². The summed E-state index contributed by atoms with van der Waals surface area (Å²) in [6, 6.07) is 8.08. The molecule has 2 aromatic rings. The highest BCUT2D eigenvalue weighted by atomic mass is 16.5. The monoisotopic (exact) mass is 313 g/mol. The minimum atomic E-state index is 0.0679. The van der Waals surface area contributed by atoms with E-state index >= 15 is 0 Å². The first-order valence-corrected chi connectivity index (χ1v) is 8.09. The van der Waals surface area contributed by atoms with Crippen molar-refractivity contribution in [3.63, 3.8) is 0 Å². The predicted molar refractivity (Wildman–Crippen MR) is 88.5 cm³/mol. The fourth-order valence-corrected chi connectivity index (χ4v) is 3.02. The zero-order chi connectivity index (χ0) is 16.2. The molecule has 1 unspecified atom stereocenters. The molecule has 1 aliphatic rings. The number of carbonyl (C=O) groups is 1. The Bertz CT molecular complexity index is 680. The SMILES string of the molecule is Cc1cccc(OCC2CCCN(C(=O)c3cnn(C)c3)C2)c1. The Labute approximate surface area is 136 Å². The molecule has 1 aliphatic heterocycles. The van der Waals surface area contributed by atoms with E-state index in [-0.39, 0.29) is 5.91 Å². The Kier molecular flexibility index (Phi) is 4.65. The average Bonchev–Trinajstić information content (AvgIpc) is 2.99. The lowest BCUT2D eigenvalue weighted by Crippen LogP contribution is -2.41. The Morgan fingerprint density at radius 2 is 2.30 bits per heavy atom. The smallest absolute Gasteiger partial charge is 0.257 e. The molecule has 122 valence electrons. The number of amides is 1. The van der Waals surface area contributed by atoms with E-state index in [2.05, 4.69) is 18.1 Å². The number of benzene rings is 1. The molecule has 0 N–H and O–H groups in total. The van der Waals surface area contributed by atoms with E-state index in [1.807, 2.05) is 30.1 Å². The van der Waals surface area contributed by atoms with Crippen LogP contribution in [0.3, 0.4) is 0 Å². The second-order valence-electron chi connectivity index (χ2n) is 6.29. The van der Waals surface area contributed by atoms with Gasteiger partial charge < -0.3 is 9.64 Å². The summed E-state index contributed by atoms with van der Waals surface area (Å²) in [7, 11) is 1.82. The molecular formula is C18H23N3O2. The molecule has 5 heteroatoms. The second kappa shape index (κ2) is 6.86. The van der Waals surface area contributed by atoms with Gasteiger partial charge in [0.1, 0.15) is 5.75 Å². The summed E-state index contributed by atoms with van der Waals surface area (Å²) in [4.78, 5) is 14.4. The van der Waals surface area contributed by atoms with Gasteiger partial charge in [0.2, 0.25) is 0 Å². The van der Waals surface area contributed by atoms with E-state index < -0.39 is 0 Å². The number of likely N-dealkylation sites (tertiary alicyclic amines) is 1. The maximum Gasteiger partial charge on any atom is 0.257 e. The number of ether oxygens (including phenoxy) is 1. The molecule has 5 nitrogen and oxygen atoms in total. The van der Waals surface area contributed by atoms with E-state index in [1.54, 1.807) is 17.1 Å². The summed E-state index contributed by atoms with van der Waals surface area (Å²) in [5.74, 6) is 1.35. The van der Waals surface area contributed by atoms with Gasteiger partial charge in [0.15, 0.2) is 0 Å². The van der Waals surface area contributed by atoms with Crippen LogP contribution >= 0.6 is 0 Å². The van der Waals surface area contributed by atoms with Gasteiger partial charge in [-0.1, -0.05) is 12.1 Å². The van der Waals surface area contributed by atoms with Crippen molar-refractivity contribution in [2.75, 3.05) is 19.7 Å². The maximum absolute atomic E-state index is 12.5. The number of hydrogen-bond acceptors (Lipinski definition) is 3. The van der Waals surface area contributed by atoms with Gasteiger partial charge in [-0.15, -0.1) is 0 Å². The lowest BCUT2D eigenvalue weighted by Gasteiger charge is -2.32. The Morgan fingerprint density at radius 3 is 3.04 bits per heavy atom. The fourth-order valence-electron chi connectivity index (χ4n) is 3.02. The molecule has 1 atom stereocenters. The Hall–Kier alpha value is -2.30. The molecule has 0 spiro atoms. The molecule has 0 bridgehead atoms. The summed E-state index contributed by atoms with van der Waals surface area (Å²) in [6.45, 7) is 4.27. The predicted octanol–water partition coefficient (Wildman–Crippen LogP) is 2.66. The summed E-state index contributed by atoms with van der Waals surface area (Å²) in [6.07, 6.45) is 5.53. The molecule has 1 fully saturated rings. The quantitative estimate of drug-likeness (QED) is 0.872. The van der Waals surface area contributed by atoms with Gasteiger partial charge in [0.05, 0.1) is 18.4 Å². The van der Waals surface area contributed by atoms with E-state index in [0.29, 0.717) is 18.1 Å². The van der Waals surface area contributed by atoms with Gasteiger partial charge >= 0.3 is 0 Å². The van der Waals surface area contributed by atoms with Crippen LogP contribution in [0.5, 0.6) is 5.75 Å². The van der Waals surface area contributed by atoms with Crippen molar-refractivity contribution in [3.05, 3.63) is 47.8 Å². The first-order chi connectivity index (χ1) is 11.1. The van der Waals surface area contributed by atoms with Crippen LogP contribution in [-0.4, -0.2) is 40.3 Å². The zero-order valence-corrected chi connectivity index (χ0v) is 13.7.